The Kier molecular flexibility index (Phi) is 19.3. The van der Waals surface area contributed by atoms with Gasteiger partial charge < -0.3 is 4.74 Å². The molecule has 0 aromatic carbocycles. The molecule has 0 aliphatic rings. The fourth-order valence-corrected chi connectivity index (χ4v) is 1.33. The summed E-state index contributed by atoms with van der Waals surface area (Å²) >= 11 is 0. The van der Waals surface area contributed by atoms with Crippen LogP contribution < -0.4 is 0 Å². The summed E-state index contributed by atoms with van der Waals surface area (Å²) in [5, 5.41) is -4.89. The van der Waals surface area contributed by atoms with E-state index in [-0.39, 0.29) is 56.1 Å². The number of ether oxygens (including phenoxy) is 1. The Labute approximate surface area is 147 Å². The maximum Gasteiger partial charge on any atom is 0.465 e. The van der Waals surface area contributed by atoms with Crippen molar-refractivity contribution in [3.05, 3.63) is 0 Å². The SMILES string of the molecule is CCCCCCCOC(=O)C(F)(F)S(=O)(=O)O.[Ni].[Ni].[Ni]. The van der Waals surface area contributed by atoms with Crippen LogP contribution in [0.5, 0.6) is 0 Å². The van der Waals surface area contributed by atoms with Gasteiger partial charge in [-0.15, -0.1) is 0 Å². The quantitative estimate of drug-likeness (QED) is 0.265. The number of rotatable bonds is 8. The molecule has 0 spiro atoms. The molecule has 11 heteroatoms. The van der Waals surface area contributed by atoms with Gasteiger partial charge in [-0.3, -0.25) is 4.55 Å². The van der Waals surface area contributed by atoms with Crippen molar-refractivity contribution in [1.82, 2.24) is 0 Å². The standard InChI is InChI=1S/C9H16F2O5S.3Ni/c1-2-3-4-5-6-7-16-8(12)9(10,11)17(13,14)15;;;/h2-7H2,1H3,(H,13,14,15);;;. The van der Waals surface area contributed by atoms with Crippen LogP contribution in [0.3, 0.4) is 0 Å². The van der Waals surface area contributed by atoms with E-state index >= 15 is 0 Å². The molecular weight excluding hydrogens is 434 g/mol. The Morgan fingerprint density at radius 2 is 1.55 bits per heavy atom. The molecular formula is C9H16F2Ni3O5S. The van der Waals surface area contributed by atoms with Gasteiger partial charge in [-0.2, -0.15) is 17.2 Å². The van der Waals surface area contributed by atoms with E-state index in [1.165, 1.54) is 0 Å². The van der Waals surface area contributed by atoms with E-state index in [9.17, 15) is 22.0 Å². The van der Waals surface area contributed by atoms with Crippen molar-refractivity contribution in [2.24, 2.45) is 0 Å². The zero-order chi connectivity index (χ0) is 13.5. The maximum atomic E-state index is 12.6. The topological polar surface area (TPSA) is 80.7 Å². The molecule has 132 valence electrons. The van der Waals surface area contributed by atoms with Crippen LogP contribution in [0.4, 0.5) is 8.78 Å². The van der Waals surface area contributed by atoms with Gasteiger partial charge in [0.25, 0.3) is 0 Å². The second kappa shape index (κ2) is 13.4. The molecule has 0 aromatic rings. The Morgan fingerprint density at radius 3 is 1.95 bits per heavy atom. The normalized spacial score (nSPS) is 10.6. The Balaban J connectivity index is -0.000000427. The summed E-state index contributed by atoms with van der Waals surface area (Å²) in [4.78, 5) is 10.7. The summed E-state index contributed by atoms with van der Waals surface area (Å²) in [6.07, 6.45) is 3.99. The fraction of sp³-hybridized carbons (Fsp3) is 0.889. The number of hydrogen-bond acceptors (Lipinski definition) is 4. The molecule has 0 amide bonds. The summed E-state index contributed by atoms with van der Waals surface area (Å²) in [5.74, 6) is -2.24. The van der Waals surface area contributed by atoms with Crippen molar-refractivity contribution in [1.29, 1.82) is 0 Å². The second-order valence-electron chi connectivity index (χ2n) is 3.54. The van der Waals surface area contributed by atoms with Gasteiger partial charge in [0.2, 0.25) is 0 Å². The zero-order valence-corrected chi connectivity index (χ0v) is 14.2. The number of esters is 1. The van der Waals surface area contributed by atoms with E-state index in [1.807, 2.05) is 6.92 Å². The molecule has 5 nitrogen and oxygen atoms in total. The molecule has 0 bridgehead atoms. The average molecular weight is 450 g/mol. The van der Waals surface area contributed by atoms with Crippen molar-refractivity contribution in [2.75, 3.05) is 6.61 Å². The van der Waals surface area contributed by atoms with Gasteiger partial charge >= 0.3 is 21.3 Å². The first kappa shape index (κ1) is 28.8. The minimum atomic E-state index is -5.76. The van der Waals surface area contributed by atoms with Gasteiger partial charge in [0.1, 0.15) is 0 Å². The summed E-state index contributed by atoms with van der Waals surface area (Å²) in [6.45, 7) is 1.72. The van der Waals surface area contributed by atoms with Crippen molar-refractivity contribution in [2.45, 2.75) is 44.3 Å². The molecule has 0 saturated carbocycles. The third kappa shape index (κ3) is 10.4. The van der Waals surface area contributed by atoms with Crippen molar-refractivity contribution >= 4 is 16.1 Å². The van der Waals surface area contributed by atoms with E-state index in [0.717, 1.165) is 19.3 Å². The molecule has 0 aliphatic heterocycles. The molecule has 1 N–H and O–H groups in total. The Morgan fingerprint density at radius 1 is 1.10 bits per heavy atom. The van der Waals surface area contributed by atoms with Gasteiger partial charge in [0.15, 0.2) is 0 Å². The zero-order valence-electron chi connectivity index (χ0n) is 10.4. The molecule has 0 fully saturated rings. The van der Waals surface area contributed by atoms with Crippen LogP contribution in [0.2, 0.25) is 0 Å². The first-order valence-corrected chi connectivity index (χ1v) is 6.69. The Hall–Kier alpha value is 0.721. The summed E-state index contributed by atoms with van der Waals surface area (Å²) < 4.78 is 57.8. The third-order valence-corrected chi connectivity index (χ3v) is 2.86. The van der Waals surface area contributed by atoms with Gasteiger partial charge in [-0.1, -0.05) is 32.6 Å². The third-order valence-electron chi connectivity index (χ3n) is 2.04. The Bertz CT molecular complexity index is 351. The summed E-state index contributed by atoms with van der Waals surface area (Å²) in [5.41, 5.74) is 0. The van der Waals surface area contributed by atoms with Gasteiger partial charge in [0.05, 0.1) is 6.61 Å². The number of carbonyl (C=O) groups excluding carboxylic acids is 1. The van der Waals surface area contributed by atoms with Gasteiger partial charge in [-0.25, -0.2) is 4.79 Å². The van der Waals surface area contributed by atoms with E-state index in [4.69, 9.17) is 4.55 Å². The van der Waals surface area contributed by atoms with Crippen molar-refractivity contribution < 1.29 is 80.8 Å². The minimum absolute atomic E-state index is 0. The van der Waals surface area contributed by atoms with E-state index in [2.05, 4.69) is 4.74 Å². The van der Waals surface area contributed by atoms with E-state index in [0.29, 0.717) is 12.8 Å². The van der Waals surface area contributed by atoms with Crippen LogP contribution in [-0.4, -0.2) is 30.8 Å². The average Bonchev–Trinajstić information content (AvgIpc) is 2.21. The molecule has 20 heavy (non-hydrogen) atoms. The molecule has 0 aromatic heterocycles. The number of halogens is 2. The predicted octanol–water partition coefficient (Wildman–Crippen LogP) is 1.97. The molecule has 0 rings (SSSR count). The van der Waals surface area contributed by atoms with Crippen LogP contribution in [0.25, 0.3) is 0 Å². The minimum Gasteiger partial charge on any atom is -0.460 e. The van der Waals surface area contributed by atoms with Crippen LogP contribution in [-0.2, 0) is 69.1 Å². The largest absolute Gasteiger partial charge is 0.465 e. The van der Waals surface area contributed by atoms with Crippen LogP contribution in [0, 0.1) is 0 Å². The first-order valence-electron chi connectivity index (χ1n) is 5.25. The van der Waals surface area contributed by atoms with Crippen molar-refractivity contribution in [3.8, 4) is 0 Å². The monoisotopic (exact) mass is 448 g/mol. The van der Waals surface area contributed by atoms with E-state index < -0.39 is 21.3 Å². The predicted molar refractivity (Wildman–Crippen MR) is 56.2 cm³/mol. The maximum absolute atomic E-state index is 12.6. The van der Waals surface area contributed by atoms with Crippen LogP contribution in [0.15, 0.2) is 0 Å². The molecule has 0 radical (unpaired) electrons. The van der Waals surface area contributed by atoms with Crippen LogP contribution in [0.1, 0.15) is 39.0 Å². The van der Waals surface area contributed by atoms with Crippen LogP contribution >= 0.6 is 0 Å². The van der Waals surface area contributed by atoms with Gasteiger partial charge in [-0.05, 0) is 6.42 Å². The molecule has 0 aliphatic carbocycles. The molecule has 0 saturated heterocycles. The smallest absolute Gasteiger partial charge is 0.460 e. The number of alkyl halides is 2. The van der Waals surface area contributed by atoms with Crippen molar-refractivity contribution in [3.63, 3.8) is 0 Å². The number of hydrogen-bond donors (Lipinski definition) is 1. The fourth-order valence-electron chi connectivity index (χ4n) is 1.06. The van der Waals surface area contributed by atoms with E-state index in [1.54, 1.807) is 0 Å². The number of carbonyl (C=O) groups is 1. The molecule has 0 atom stereocenters. The number of unbranched alkanes of at least 4 members (excludes halogenated alkanes) is 4. The second-order valence-corrected chi connectivity index (χ2v) is 5.00. The first-order chi connectivity index (χ1) is 7.73. The summed E-state index contributed by atoms with van der Waals surface area (Å²) in [6, 6.07) is 0. The van der Waals surface area contributed by atoms with Gasteiger partial charge in [0, 0.05) is 49.5 Å². The molecule has 0 heterocycles. The summed E-state index contributed by atoms with van der Waals surface area (Å²) in [7, 11) is -5.76. The molecule has 0 unspecified atom stereocenters.